The second-order valence-corrected chi connectivity index (χ2v) is 8.10. The van der Waals surface area contributed by atoms with Crippen molar-refractivity contribution in [3.8, 4) is 11.5 Å². The smallest absolute Gasteiger partial charge is 0.433 e. The van der Waals surface area contributed by atoms with Crippen LogP contribution in [-0.4, -0.2) is 30.4 Å². The zero-order chi connectivity index (χ0) is 20.8. The molecule has 0 atom stereocenters. The zero-order valence-electron chi connectivity index (χ0n) is 15.3. The first-order chi connectivity index (χ1) is 13.8. The molecule has 0 fully saturated rings. The molecule has 0 unspecified atom stereocenters. The van der Waals surface area contributed by atoms with Crippen LogP contribution in [0, 0.1) is 6.92 Å². The summed E-state index contributed by atoms with van der Waals surface area (Å²) in [6.45, 7) is 2.57. The predicted octanol–water partition coefficient (Wildman–Crippen LogP) is 5.37. The van der Waals surface area contributed by atoms with Gasteiger partial charge in [0.05, 0.1) is 10.6 Å². The zero-order valence-corrected chi connectivity index (χ0v) is 17.0. The number of aromatic nitrogens is 1. The van der Waals surface area contributed by atoms with Crippen LogP contribution < -0.4 is 14.8 Å². The minimum Gasteiger partial charge on any atom is -0.486 e. The number of alkyl halides is 3. The number of fused-ring (bicyclic) bond motifs is 2. The molecule has 0 spiro atoms. The topological polar surface area (TPSA) is 60.5 Å². The van der Waals surface area contributed by atoms with Gasteiger partial charge < -0.3 is 14.8 Å². The Balaban J connectivity index is 1.68. The lowest BCUT2D eigenvalue weighted by Crippen LogP contribution is -2.17. The number of carbonyl (C=O) groups excluding carboxylic acids is 1. The van der Waals surface area contributed by atoms with Gasteiger partial charge in [0.1, 0.15) is 23.7 Å². The number of ether oxygens (including phenoxy) is 2. The molecule has 2 aromatic heterocycles. The molecule has 4 rings (SSSR count). The molecule has 0 aliphatic carbocycles. The molecule has 10 heteroatoms. The largest absolute Gasteiger partial charge is 0.486 e. The third kappa shape index (κ3) is 3.74. The maximum Gasteiger partial charge on any atom is 0.433 e. The highest BCUT2D eigenvalue weighted by molar-refractivity contribution is 7.98. The van der Waals surface area contributed by atoms with Gasteiger partial charge in [0.2, 0.25) is 0 Å². The quantitative estimate of drug-likeness (QED) is 0.555. The minimum atomic E-state index is -4.53. The summed E-state index contributed by atoms with van der Waals surface area (Å²) in [6.07, 6.45) is -2.67. The van der Waals surface area contributed by atoms with Gasteiger partial charge in [-0.05, 0) is 36.9 Å². The molecule has 1 aliphatic rings. The van der Waals surface area contributed by atoms with E-state index < -0.39 is 17.8 Å². The number of hydrogen-bond donors (Lipinski definition) is 1. The van der Waals surface area contributed by atoms with Gasteiger partial charge in [0.25, 0.3) is 5.91 Å². The summed E-state index contributed by atoms with van der Waals surface area (Å²) in [5.74, 6) is 0.737. The fourth-order valence-corrected chi connectivity index (χ4v) is 4.62. The van der Waals surface area contributed by atoms with Gasteiger partial charge in [0.15, 0.2) is 11.5 Å². The van der Waals surface area contributed by atoms with Crippen LogP contribution >= 0.6 is 23.1 Å². The fourth-order valence-electron chi connectivity index (χ4n) is 2.99. The number of amides is 1. The number of benzene rings is 1. The molecule has 0 bridgehead atoms. The van der Waals surface area contributed by atoms with Crippen LogP contribution in [0.15, 0.2) is 29.2 Å². The van der Waals surface area contributed by atoms with Gasteiger partial charge in [0, 0.05) is 16.3 Å². The Morgan fingerprint density at radius 3 is 2.55 bits per heavy atom. The predicted molar refractivity (Wildman–Crippen MR) is 107 cm³/mol. The van der Waals surface area contributed by atoms with Crippen molar-refractivity contribution < 1.29 is 27.4 Å². The fraction of sp³-hybridized carbons (Fsp3) is 0.263. The number of halogens is 3. The van der Waals surface area contributed by atoms with E-state index in [0.29, 0.717) is 46.2 Å². The number of rotatable bonds is 3. The summed E-state index contributed by atoms with van der Waals surface area (Å²) < 4.78 is 49.9. The number of nitrogens with zero attached hydrogens (tertiary/aromatic N) is 1. The van der Waals surface area contributed by atoms with E-state index in [1.807, 2.05) is 6.26 Å². The van der Waals surface area contributed by atoms with Gasteiger partial charge in [-0.15, -0.1) is 23.1 Å². The normalized spacial score (nSPS) is 13.6. The molecule has 1 aromatic carbocycles. The van der Waals surface area contributed by atoms with Crippen molar-refractivity contribution in [2.24, 2.45) is 0 Å². The molecule has 1 aliphatic heterocycles. The number of thioether (sulfide) groups is 1. The van der Waals surface area contributed by atoms with Crippen molar-refractivity contribution in [1.29, 1.82) is 0 Å². The molecule has 152 valence electrons. The van der Waals surface area contributed by atoms with E-state index in [2.05, 4.69) is 10.3 Å². The maximum atomic E-state index is 12.9. The average molecular weight is 440 g/mol. The molecule has 3 heterocycles. The molecule has 5 nitrogen and oxygen atoms in total. The van der Waals surface area contributed by atoms with Gasteiger partial charge >= 0.3 is 6.18 Å². The lowest BCUT2D eigenvalue weighted by Gasteiger charge is -2.20. The Morgan fingerprint density at radius 1 is 1.21 bits per heavy atom. The molecule has 3 aromatic rings. The average Bonchev–Trinajstić information content (AvgIpc) is 3.03. The van der Waals surface area contributed by atoms with E-state index >= 15 is 0 Å². The molecule has 0 radical (unpaired) electrons. The van der Waals surface area contributed by atoms with Crippen molar-refractivity contribution >= 4 is 44.9 Å². The second kappa shape index (κ2) is 7.42. The van der Waals surface area contributed by atoms with Crippen LogP contribution in [0.3, 0.4) is 0 Å². The Kier molecular flexibility index (Phi) is 5.07. The van der Waals surface area contributed by atoms with Crippen molar-refractivity contribution in [2.45, 2.75) is 18.0 Å². The highest BCUT2D eigenvalue weighted by atomic mass is 32.2. The van der Waals surface area contributed by atoms with E-state index in [0.717, 1.165) is 22.3 Å². The highest BCUT2D eigenvalue weighted by Crippen LogP contribution is 2.40. The van der Waals surface area contributed by atoms with E-state index in [1.54, 1.807) is 19.1 Å². The van der Waals surface area contributed by atoms with Crippen molar-refractivity contribution in [3.05, 3.63) is 40.4 Å². The summed E-state index contributed by atoms with van der Waals surface area (Å²) in [7, 11) is 0. The second-order valence-electron chi connectivity index (χ2n) is 6.25. The first-order valence-corrected chi connectivity index (χ1v) is 10.6. The highest BCUT2D eigenvalue weighted by Gasteiger charge is 2.33. The molecule has 0 saturated heterocycles. The van der Waals surface area contributed by atoms with Crippen LogP contribution in [0.4, 0.5) is 18.9 Å². The maximum absolute atomic E-state index is 12.9. The van der Waals surface area contributed by atoms with E-state index in [1.165, 1.54) is 17.8 Å². The molecule has 0 saturated carbocycles. The Morgan fingerprint density at radius 2 is 1.90 bits per heavy atom. The van der Waals surface area contributed by atoms with Gasteiger partial charge in [-0.3, -0.25) is 4.79 Å². The van der Waals surface area contributed by atoms with Gasteiger partial charge in [-0.1, -0.05) is 0 Å². The first kappa shape index (κ1) is 19.8. The number of pyridine rings is 1. The van der Waals surface area contributed by atoms with Crippen molar-refractivity contribution in [3.63, 3.8) is 0 Å². The van der Waals surface area contributed by atoms with E-state index in [4.69, 9.17) is 9.47 Å². The number of carbonyl (C=O) groups is 1. The van der Waals surface area contributed by atoms with E-state index in [-0.39, 0.29) is 4.83 Å². The number of nitrogens with one attached hydrogen (secondary N) is 1. The summed E-state index contributed by atoms with van der Waals surface area (Å²) >= 11 is 2.37. The van der Waals surface area contributed by atoms with Crippen LogP contribution in [-0.2, 0) is 6.18 Å². The van der Waals surface area contributed by atoms with E-state index in [9.17, 15) is 18.0 Å². The number of hydrogen-bond acceptors (Lipinski definition) is 6. The van der Waals surface area contributed by atoms with Crippen LogP contribution in [0.25, 0.3) is 10.2 Å². The van der Waals surface area contributed by atoms with Crippen LogP contribution in [0.1, 0.15) is 20.9 Å². The van der Waals surface area contributed by atoms with Crippen molar-refractivity contribution in [2.75, 3.05) is 24.8 Å². The number of anilines is 1. The molecule has 1 N–H and O–H groups in total. The van der Waals surface area contributed by atoms with Crippen LogP contribution in [0.2, 0.25) is 0 Å². The first-order valence-electron chi connectivity index (χ1n) is 8.54. The van der Waals surface area contributed by atoms with Crippen molar-refractivity contribution in [1.82, 2.24) is 4.98 Å². The lowest BCUT2D eigenvalue weighted by atomic mass is 10.1. The molecule has 1 amide bonds. The molecular formula is C19H15F3N2O3S2. The molecular weight excluding hydrogens is 425 g/mol. The standard InChI is InChI=1S/C19H15F3N2O3S2/c1-9-10-3-4-15(19(20,21)22)24-18(10)29-16(9)17(25)23-11-7-12-13(8-14(11)28-2)27-6-5-26-12/h3-4,7-8H,5-6H2,1-2H3,(H,23,25). The number of aryl methyl sites for hydroxylation is 1. The number of thiophene rings is 1. The minimum absolute atomic E-state index is 0.176. The van der Waals surface area contributed by atoms with Gasteiger partial charge in [-0.25, -0.2) is 4.98 Å². The summed E-state index contributed by atoms with van der Waals surface area (Å²) in [5, 5.41) is 3.37. The SMILES string of the molecule is CSc1cc2c(cc1NC(=O)c1sc3nc(C(F)(F)F)ccc3c1C)OCCO2. The Labute approximate surface area is 172 Å². The monoisotopic (exact) mass is 440 g/mol. The summed E-state index contributed by atoms with van der Waals surface area (Å²) in [6, 6.07) is 5.77. The third-order valence-corrected chi connectivity index (χ3v) is 6.39. The third-order valence-electron chi connectivity index (χ3n) is 4.41. The Bertz CT molecular complexity index is 1110. The van der Waals surface area contributed by atoms with Crippen LogP contribution in [0.5, 0.6) is 11.5 Å². The van der Waals surface area contributed by atoms with Gasteiger partial charge in [-0.2, -0.15) is 13.2 Å². The lowest BCUT2D eigenvalue weighted by molar-refractivity contribution is -0.140. The summed E-state index contributed by atoms with van der Waals surface area (Å²) in [5.41, 5.74) is 0.161. The summed E-state index contributed by atoms with van der Waals surface area (Å²) in [4.78, 5) is 17.9. The molecule has 29 heavy (non-hydrogen) atoms. The Hall–Kier alpha value is -2.46.